The molecule has 0 amide bonds. The molecule has 0 atom stereocenters. The normalized spacial score (nSPS) is 17.6. The van der Waals surface area contributed by atoms with Crippen molar-refractivity contribution in [2.75, 3.05) is 5.88 Å². The smallest absolute Gasteiger partial charge is 0.125 e. The van der Waals surface area contributed by atoms with E-state index in [4.69, 9.17) is 11.6 Å². The van der Waals surface area contributed by atoms with Crippen LogP contribution in [0.25, 0.3) is 11.0 Å². The SMILES string of the molecule is CCC1(n2c(CCCl)nc3cc(F)ccc32)CCC1. The summed E-state index contributed by atoms with van der Waals surface area (Å²) in [6.07, 6.45) is 5.45. The second-order valence-electron chi connectivity index (χ2n) is 5.37. The molecule has 1 aromatic heterocycles. The van der Waals surface area contributed by atoms with Gasteiger partial charge in [0.2, 0.25) is 0 Å². The van der Waals surface area contributed by atoms with Crippen LogP contribution < -0.4 is 0 Å². The standard InChI is InChI=1S/C15H18ClFN2/c1-2-15(7-3-8-15)19-13-5-4-11(17)10-12(13)18-14(19)6-9-16/h4-5,10H,2-3,6-9H2,1H3. The summed E-state index contributed by atoms with van der Waals surface area (Å²) in [6.45, 7) is 2.22. The monoisotopic (exact) mass is 280 g/mol. The van der Waals surface area contributed by atoms with Gasteiger partial charge >= 0.3 is 0 Å². The van der Waals surface area contributed by atoms with Crippen molar-refractivity contribution in [1.82, 2.24) is 9.55 Å². The van der Waals surface area contributed by atoms with Gasteiger partial charge in [0.05, 0.1) is 11.0 Å². The van der Waals surface area contributed by atoms with Crippen LogP contribution in [0.5, 0.6) is 0 Å². The molecule has 2 nitrogen and oxygen atoms in total. The maximum absolute atomic E-state index is 13.4. The van der Waals surface area contributed by atoms with E-state index in [-0.39, 0.29) is 11.4 Å². The molecule has 1 aliphatic carbocycles. The van der Waals surface area contributed by atoms with Crippen LogP contribution in [0.4, 0.5) is 4.39 Å². The number of imidazole rings is 1. The van der Waals surface area contributed by atoms with Gasteiger partial charge in [0.25, 0.3) is 0 Å². The van der Waals surface area contributed by atoms with Gasteiger partial charge in [-0.2, -0.15) is 0 Å². The van der Waals surface area contributed by atoms with Crippen molar-refractivity contribution >= 4 is 22.6 Å². The lowest BCUT2D eigenvalue weighted by Crippen LogP contribution is -2.41. The fourth-order valence-electron chi connectivity index (χ4n) is 3.20. The molecule has 3 rings (SSSR count). The van der Waals surface area contributed by atoms with E-state index in [2.05, 4.69) is 16.5 Å². The van der Waals surface area contributed by atoms with E-state index in [0.29, 0.717) is 5.88 Å². The highest BCUT2D eigenvalue weighted by molar-refractivity contribution is 6.17. The number of hydrogen-bond donors (Lipinski definition) is 0. The molecule has 1 heterocycles. The second kappa shape index (κ2) is 4.78. The predicted molar refractivity (Wildman–Crippen MR) is 76.2 cm³/mol. The van der Waals surface area contributed by atoms with E-state index in [0.717, 1.165) is 29.7 Å². The predicted octanol–water partition coefficient (Wildman–Crippen LogP) is 4.25. The number of benzene rings is 1. The van der Waals surface area contributed by atoms with Crippen molar-refractivity contribution in [3.63, 3.8) is 0 Å². The lowest BCUT2D eigenvalue weighted by Gasteiger charge is -2.44. The second-order valence-corrected chi connectivity index (χ2v) is 5.74. The van der Waals surface area contributed by atoms with Crippen LogP contribution in [0.1, 0.15) is 38.4 Å². The molecule has 0 N–H and O–H groups in total. The third-order valence-corrected chi connectivity index (χ3v) is 4.61. The van der Waals surface area contributed by atoms with E-state index in [9.17, 15) is 4.39 Å². The van der Waals surface area contributed by atoms with Gasteiger partial charge in [-0.1, -0.05) is 6.92 Å². The molecule has 1 aliphatic rings. The third kappa shape index (κ3) is 1.95. The fourth-order valence-corrected chi connectivity index (χ4v) is 3.37. The van der Waals surface area contributed by atoms with Gasteiger partial charge in [-0.3, -0.25) is 0 Å². The molecule has 0 bridgehead atoms. The highest BCUT2D eigenvalue weighted by Crippen LogP contribution is 2.44. The van der Waals surface area contributed by atoms with Crippen LogP contribution in [0.15, 0.2) is 18.2 Å². The molecule has 1 saturated carbocycles. The number of nitrogens with zero attached hydrogens (tertiary/aromatic N) is 2. The molecule has 0 saturated heterocycles. The molecule has 0 unspecified atom stereocenters. The van der Waals surface area contributed by atoms with Crippen LogP contribution in [0, 0.1) is 5.82 Å². The number of rotatable bonds is 4. The molecule has 0 aliphatic heterocycles. The quantitative estimate of drug-likeness (QED) is 0.766. The van der Waals surface area contributed by atoms with Gasteiger partial charge in [0, 0.05) is 23.9 Å². The molecule has 102 valence electrons. The molecule has 2 aromatic rings. The summed E-state index contributed by atoms with van der Waals surface area (Å²) in [5.41, 5.74) is 1.97. The van der Waals surface area contributed by atoms with E-state index < -0.39 is 0 Å². The zero-order valence-electron chi connectivity index (χ0n) is 11.1. The first kappa shape index (κ1) is 12.9. The first-order valence-corrected chi connectivity index (χ1v) is 7.47. The lowest BCUT2D eigenvalue weighted by molar-refractivity contribution is 0.137. The number of hydrogen-bond acceptors (Lipinski definition) is 1. The summed E-state index contributed by atoms with van der Waals surface area (Å²) in [7, 11) is 0. The summed E-state index contributed by atoms with van der Waals surface area (Å²) in [6, 6.07) is 4.89. The van der Waals surface area contributed by atoms with Crippen molar-refractivity contribution < 1.29 is 4.39 Å². The number of aromatic nitrogens is 2. The Bertz CT molecular complexity index is 596. The number of fused-ring (bicyclic) bond motifs is 1. The van der Waals surface area contributed by atoms with Crippen LogP contribution in [0.2, 0.25) is 0 Å². The van der Waals surface area contributed by atoms with Crippen LogP contribution in [0.3, 0.4) is 0 Å². The maximum Gasteiger partial charge on any atom is 0.125 e. The Kier molecular flexibility index (Phi) is 3.25. The number of alkyl halides is 1. The first-order chi connectivity index (χ1) is 9.20. The fraction of sp³-hybridized carbons (Fsp3) is 0.533. The molecule has 1 aromatic carbocycles. The Morgan fingerprint density at radius 1 is 1.42 bits per heavy atom. The number of aryl methyl sites for hydroxylation is 1. The van der Waals surface area contributed by atoms with E-state index in [1.165, 1.54) is 31.4 Å². The van der Waals surface area contributed by atoms with Crippen molar-refractivity contribution in [1.29, 1.82) is 0 Å². The molecular weight excluding hydrogens is 263 g/mol. The third-order valence-electron chi connectivity index (χ3n) is 4.42. The van der Waals surface area contributed by atoms with Gasteiger partial charge in [-0.15, -0.1) is 11.6 Å². The Hall–Kier alpha value is -1.09. The van der Waals surface area contributed by atoms with Crippen LogP contribution in [-0.2, 0) is 12.0 Å². The highest BCUT2D eigenvalue weighted by atomic mass is 35.5. The average molecular weight is 281 g/mol. The molecular formula is C15H18ClFN2. The Balaban J connectivity index is 2.21. The van der Waals surface area contributed by atoms with E-state index in [1.807, 2.05) is 6.07 Å². The molecule has 1 fully saturated rings. The summed E-state index contributed by atoms with van der Waals surface area (Å²) in [5, 5.41) is 0. The van der Waals surface area contributed by atoms with Gasteiger partial charge in [0.1, 0.15) is 11.6 Å². The minimum Gasteiger partial charge on any atom is -0.322 e. The highest BCUT2D eigenvalue weighted by Gasteiger charge is 2.39. The van der Waals surface area contributed by atoms with Gasteiger partial charge < -0.3 is 4.57 Å². The Morgan fingerprint density at radius 2 is 2.21 bits per heavy atom. The maximum atomic E-state index is 13.4. The molecule has 4 heteroatoms. The number of halogens is 2. The van der Waals surface area contributed by atoms with E-state index in [1.54, 1.807) is 0 Å². The van der Waals surface area contributed by atoms with Crippen molar-refractivity contribution in [3.05, 3.63) is 29.8 Å². The lowest BCUT2D eigenvalue weighted by atomic mass is 9.74. The van der Waals surface area contributed by atoms with Gasteiger partial charge in [-0.05, 0) is 37.8 Å². The molecule has 0 spiro atoms. The topological polar surface area (TPSA) is 17.8 Å². The van der Waals surface area contributed by atoms with Gasteiger partial charge in [0.15, 0.2) is 0 Å². The largest absolute Gasteiger partial charge is 0.322 e. The zero-order chi connectivity index (χ0) is 13.5. The molecule has 19 heavy (non-hydrogen) atoms. The van der Waals surface area contributed by atoms with Gasteiger partial charge in [-0.25, -0.2) is 9.37 Å². The van der Waals surface area contributed by atoms with Crippen LogP contribution >= 0.6 is 11.6 Å². The van der Waals surface area contributed by atoms with E-state index >= 15 is 0 Å². The molecule has 0 radical (unpaired) electrons. The summed E-state index contributed by atoms with van der Waals surface area (Å²) in [4.78, 5) is 4.60. The minimum atomic E-state index is -0.228. The van der Waals surface area contributed by atoms with Crippen LogP contribution in [-0.4, -0.2) is 15.4 Å². The summed E-state index contributed by atoms with van der Waals surface area (Å²) in [5.74, 6) is 1.32. The summed E-state index contributed by atoms with van der Waals surface area (Å²) < 4.78 is 15.7. The van der Waals surface area contributed by atoms with Crippen molar-refractivity contribution in [3.8, 4) is 0 Å². The zero-order valence-corrected chi connectivity index (χ0v) is 11.9. The first-order valence-electron chi connectivity index (χ1n) is 6.93. The van der Waals surface area contributed by atoms with Crippen molar-refractivity contribution in [2.45, 2.75) is 44.6 Å². The Labute approximate surface area is 117 Å². The van der Waals surface area contributed by atoms with Crippen molar-refractivity contribution in [2.24, 2.45) is 0 Å². The minimum absolute atomic E-state index is 0.175. The summed E-state index contributed by atoms with van der Waals surface area (Å²) >= 11 is 5.89. The average Bonchev–Trinajstić information content (AvgIpc) is 2.68. The Morgan fingerprint density at radius 3 is 2.79 bits per heavy atom.